The summed E-state index contributed by atoms with van der Waals surface area (Å²) in [5.74, 6) is -0.0369. The topological polar surface area (TPSA) is 63.7 Å². The Balaban J connectivity index is 2.21. The van der Waals surface area contributed by atoms with Gasteiger partial charge in [0.1, 0.15) is 10.9 Å². The Morgan fingerprint density at radius 1 is 1.23 bits per heavy atom. The van der Waals surface area contributed by atoms with Gasteiger partial charge in [-0.25, -0.2) is 13.2 Å². The molecule has 1 aromatic rings. The smallest absolute Gasteiger partial charge is 0.410 e. The number of carbonyl (C=O) groups excluding carboxylic acids is 1. The van der Waals surface area contributed by atoms with Gasteiger partial charge in [-0.15, -0.1) is 0 Å². The summed E-state index contributed by atoms with van der Waals surface area (Å²) in [5.41, 5.74) is 1.20. The molecule has 6 heteroatoms. The number of ether oxygens (including phenoxy) is 1. The van der Waals surface area contributed by atoms with Crippen molar-refractivity contribution in [1.82, 2.24) is 4.90 Å². The van der Waals surface area contributed by atoms with Crippen LogP contribution < -0.4 is 0 Å². The molecule has 0 spiro atoms. The van der Waals surface area contributed by atoms with Crippen LogP contribution in [0.5, 0.6) is 0 Å². The summed E-state index contributed by atoms with van der Waals surface area (Å²) in [6.45, 7) is 7.65. The first-order valence-electron chi connectivity index (χ1n) is 7.34. The Morgan fingerprint density at radius 3 is 2.36 bits per heavy atom. The lowest BCUT2D eigenvalue weighted by Crippen LogP contribution is -2.47. The van der Waals surface area contributed by atoms with Crippen molar-refractivity contribution in [3.05, 3.63) is 35.4 Å². The second kappa shape index (κ2) is 5.91. The van der Waals surface area contributed by atoms with Crippen LogP contribution in [0.2, 0.25) is 0 Å². The summed E-state index contributed by atoms with van der Waals surface area (Å²) in [7, 11) is -3.25. The third-order valence-electron chi connectivity index (χ3n) is 3.57. The van der Waals surface area contributed by atoms with Gasteiger partial charge in [0.05, 0.1) is 5.75 Å². The molecule has 5 nitrogen and oxygen atoms in total. The largest absolute Gasteiger partial charge is 0.444 e. The molecule has 1 aliphatic heterocycles. The lowest BCUT2D eigenvalue weighted by atomic mass is 10.1. The first kappa shape index (κ1) is 16.8. The quantitative estimate of drug-likeness (QED) is 0.796. The molecule has 1 saturated heterocycles. The Labute approximate surface area is 132 Å². The third kappa shape index (κ3) is 4.00. The van der Waals surface area contributed by atoms with Crippen LogP contribution in [0.4, 0.5) is 4.79 Å². The van der Waals surface area contributed by atoms with Crippen molar-refractivity contribution in [2.24, 2.45) is 0 Å². The molecule has 1 atom stereocenters. The number of benzene rings is 1. The molecule has 1 amide bonds. The van der Waals surface area contributed by atoms with E-state index < -0.39 is 26.8 Å². The minimum Gasteiger partial charge on any atom is -0.444 e. The van der Waals surface area contributed by atoms with Gasteiger partial charge >= 0.3 is 6.09 Å². The summed E-state index contributed by atoms with van der Waals surface area (Å²) in [6.07, 6.45) is -0.459. The molecule has 1 aromatic carbocycles. The molecule has 1 fully saturated rings. The zero-order valence-electron chi connectivity index (χ0n) is 13.5. The molecule has 0 saturated carbocycles. The highest BCUT2D eigenvalue weighted by atomic mass is 32.2. The minimum absolute atomic E-state index is 0.0369. The van der Waals surface area contributed by atoms with Crippen LogP contribution in [0, 0.1) is 6.92 Å². The highest BCUT2D eigenvalue weighted by Gasteiger charge is 2.37. The van der Waals surface area contributed by atoms with Crippen molar-refractivity contribution >= 4 is 15.9 Å². The fourth-order valence-corrected chi connectivity index (χ4v) is 4.11. The van der Waals surface area contributed by atoms with Gasteiger partial charge in [-0.2, -0.15) is 0 Å². The highest BCUT2D eigenvalue weighted by Crippen LogP contribution is 2.29. The van der Waals surface area contributed by atoms with Crippen LogP contribution in [0.25, 0.3) is 0 Å². The molecule has 2 rings (SSSR count). The summed E-state index contributed by atoms with van der Waals surface area (Å²) < 4.78 is 30.0. The SMILES string of the molecule is Cc1ccc(C2CN(C(=O)OC(C)(C)C)CCS2(=O)=O)cc1. The Hall–Kier alpha value is -1.56. The van der Waals surface area contributed by atoms with Crippen LogP contribution in [-0.4, -0.2) is 43.9 Å². The zero-order valence-corrected chi connectivity index (χ0v) is 14.3. The maximum Gasteiger partial charge on any atom is 0.410 e. The minimum atomic E-state index is -3.25. The van der Waals surface area contributed by atoms with Crippen molar-refractivity contribution in [1.29, 1.82) is 0 Å². The van der Waals surface area contributed by atoms with Crippen LogP contribution in [0.15, 0.2) is 24.3 Å². The number of amides is 1. The van der Waals surface area contributed by atoms with E-state index in [0.29, 0.717) is 0 Å². The van der Waals surface area contributed by atoms with E-state index >= 15 is 0 Å². The van der Waals surface area contributed by atoms with E-state index in [1.165, 1.54) is 4.90 Å². The molecule has 0 aliphatic carbocycles. The number of rotatable bonds is 1. The number of hydrogen-bond acceptors (Lipinski definition) is 4. The van der Waals surface area contributed by atoms with E-state index in [-0.39, 0.29) is 18.8 Å². The van der Waals surface area contributed by atoms with Crippen LogP contribution in [0.1, 0.15) is 37.1 Å². The van der Waals surface area contributed by atoms with Crippen molar-refractivity contribution in [2.75, 3.05) is 18.8 Å². The zero-order chi connectivity index (χ0) is 16.5. The molecule has 0 bridgehead atoms. The van der Waals surface area contributed by atoms with Crippen molar-refractivity contribution in [3.63, 3.8) is 0 Å². The first-order valence-corrected chi connectivity index (χ1v) is 9.06. The van der Waals surface area contributed by atoms with Crippen molar-refractivity contribution in [3.8, 4) is 0 Å². The standard InChI is InChI=1S/C16H23NO4S/c1-12-5-7-13(8-6-12)14-11-17(9-10-22(14,19)20)15(18)21-16(2,3)4/h5-8,14H,9-11H2,1-4H3. The molecule has 1 heterocycles. The monoisotopic (exact) mass is 325 g/mol. The van der Waals surface area contributed by atoms with Gasteiger partial charge in [-0.3, -0.25) is 0 Å². The van der Waals surface area contributed by atoms with Gasteiger partial charge in [-0.05, 0) is 33.3 Å². The summed E-state index contributed by atoms with van der Waals surface area (Å²) >= 11 is 0. The number of aryl methyl sites for hydroxylation is 1. The van der Waals surface area contributed by atoms with Gasteiger partial charge in [-0.1, -0.05) is 29.8 Å². The second-order valence-electron chi connectivity index (χ2n) is 6.69. The molecule has 0 aromatic heterocycles. The molecule has 22 heavy (non-hydrogen) atoms. The average molecular weight is 325 g/mol. The number of hydrogen-bond donors (Lipinski definition) is 0. The maximum atomic E-state index is 12.3. The lowest BCUT2D eigenvalue weighted by molar-refractivity contribution is 0.0253. The Bertz CT molecular complexity index is 644. The predicted molar refractivity (Wildman–Crippen MR) is 85.5 cm³/mol. The van der Waals surface area contributed by atoms with Gasteiger partial charge in [0.15, 0.2) is 9.84 Å². The van der Waals surface area contributed by atoms with Crippen molar-refractivity contribution in [2.45, 2.75) is 38.5 Å². The molecular weight excluding hydrogens is 302 g/mol. The average Bonchev–Trinajstić information content (AvgIpc) is 2.37. The number of sulfone groups is 1. The fraction of sp³-hybridized carbons (Fsp3) is 0.562. The molecule has 1 aliphatic rings. The molecule has 0 radical (unpaired) electrons. The number of carbonyl (C=O) groups is 1. The Morgan fingerprint density at radius 2 is 1.82 bits per heavy atom. The molecule has 0 N–H and O–H groups in total. The molecular formula is C16H23NO4S. The second-order valence-corrected chi connectivity index (χ2v) is 9.00. The Kier molecular flexibility index (Phi) is 4.52. The first-order chi connectivity index (χ1) is 10.1. The third-order valence-corrected chi connectivity index (χ3v) is 5.61. The molecule has 122 valence electrons. The van der Waals surface area contributed by atoms with E-state index in [9.17, 15) is 13.2 Å². The van der Waals surface area contributed by atoms with E-state index in [2.05, 4.69) is 0 Å². The summed E-state index contributed by atoms with van der Waals surface area (Å²) in [6, 6.07) is 7.40. The van der Waals surface area contributed by atoms with E-state index in [1.54, 1.807) is 20.8 Å². The lowest BCUT2D eigenvalue weighted by Gasteiger charge is -2.34. The molecule has 1 unspecified atom stereocenters. The van der Waals surface area contributed by atoms with Crippen LogP contribution >= 0.6 is 0 Å². The van der Waals surface area contributed by atoms with E-state index in [0.717, 1.165) is 11.1 Å². The summed E-state index contributed by atoms with van der Waals surface area (Å²) in [5, 5.41) is -0.686. The van der Waals surface area contributed by atoms with Crippen molar-refractivity contribution < 1.29 is 17.9 Å². The highest BCUT2D eigenvalue weighted by molar-refractivity contribution is 7.91. The summed E-state index contributed by atoms with van der Waals surface area (Å²) in [4.78, 5) is 13.6. The fourth-order valence-electron chi connectivity index (χ4n) is 2.37. The maximum absolute atomic E-state index is 12.3. The number of nitrogens with zero attached hydrogens (tertiary/aromatic N) is 1. The van der Waals surface area contributed by atoms with Gasteiger partial charge < -0.3 is 9.64 Å². The predicted octanol–water partition coefficient (Wildman–Crippen LogP) is 2.70. The van der Waals surface area contributed by atoms with Crippen LogP contribution in [-0.2, 0) is 14.6 Å². The van der Waals surface area contributed by atoms with Gasteiger partial charge in [0, 0.05) is 13.1 Å². The van der Waals surface area contributed by atoms with Crippen LogP contribution in [0.3, 0.4) is 0 Å². The van der Waals surface area contributed by atoms with E-state index in [1.807, 2.05) is 31.2 Å². The van der Waals surface area contributed by atoms with E-state index in [4.69, 9.17) is 4.74 Å². The van der Waals surface area contributed by atoms with Gasteiger partial charge in [0.2, 0.25) is 0 Å². The van der Waals surface area contributed by atoms with Gasteiger partial charge in [0.25, 0.3) is 0 Å². The normalized spacial score (nSPS) is 21.5.